The van der Waals surface area contributed by atoms with Crippen LogP contribution in [-0.2, 0) is 11.8 Å². The van der Waals surface area contributed by atoms with E-state index in [4.69, 9.17) is 4.74 Å². The van der Waals surface area contributed by atoms with E-state index in [9.17, 15) is 4.79 Å². The predicted molar refractivity (Wildman–Crippen MR) is 138 cm³/mol. The summed E-state index contributed by atoms with van der Waals surface area (Å²) >= 11 is 0. The zero-order valence-corrected chi connectivity index (χ0v) is 21.1. The van der Waals surface area contributed by atoms with Crippen molar-refractivity contribution in [1.29, 1.82) is 0 Å². The van der Waals surface area contributed by atoms with Gasteiger partial charge in [0.25, 0.3) is 5.91 Å². The van der Waals surface area contributed by atoms with Crippen LogP contribution in [0.4, 0.5) is 5.69 Å². The van der Waals surface area contributed by atoms with Crippen LogP contribution in [0.5, 0.6) is 0 Å². The number of anilines is 1. The van der Waals surface area contributed by atoms with Crippen molar-refractivity contribution in [3.05, 3.63) is 48.0 Å². The Morgan fingerprint density at radius 2 is 1.80 bits per heavy atom. The highest BCUT2D eigenvalue weighted by Gasteiger charge is 2.34. The van der Waals surface area contributed by atoms with Crippen LogP contribution in [0.25, 0.3) is 0 Å². The number of hydrogen-bond donors (Lipinski definition) is 1. The number of aryl methyl sites for hydroxylation is 1. The third-order valence-electron chi connectivity index (χ3n) is 7.95. The van der Waals surface area contributed by atoms with Gasteiger partial charge in [-0.15, -0.1) is 0 Å². The first-order chi connectivity index (χ1) is 17.2. The van der Waals surface area contributed by atoms with Crippen LogP contribution >= 0.6 is 0 Å². The van der Waals surface area contributed by atoms with Crippen molar-refractivity contribution in [2.45, 2.75) is 44.2 Å². The molecule has 2 aromatic rings. The lowest BCUT2D eigenvalue weighted by molar-refractivity contribution is 0.0383. The third-order valence-corrected chi connectivity index (χ3v) is 7.95. The molecule has 1 atom stereocenters. The summed E-state index contributed by atoms with van der Waals surface area (Å²) in [5, 5.41) is 3.06. The summed E-state index contributed by atoms with van der Waals surface area (Å²) in [4.78, 5) is 24.8. The molecule has 35 heavy (non-hydrogen) atoms. The SMILES string of the molecule is Cn1ccnc1[C@@H]1CCCCN1C1CCN(c2ccc(C(=O)NCCN3CCOCC3)cc2)CC1. The number of carbonyl (C=O) groups excluding carboxylic acids is 1. The van der Waals surface area contributed by atoms with Crippen molar-refractivity contribution < 1.29 is 9.53 Å². The largest absolute Gasteiger partial charge is 0.379 e. The summed E-state index contributed by atoms with van der Waals surface area (Å²) in [5.74, 6) is 1.22. The first kappa shape index (κ1) is 24.3. The normalized spacial score (nSPS) is 22.9. The minimum absolute atomic E-state index is 0.00828. The fourth-order valence-corrected chi connectivity index (χ4v) is 5.90. The average Bonchev–Trinajstić information content (AvgIpc) is 3.35. The monoisotopic (exact) mass is 480 g/mol. The number of nitrogens with one attached hydrogen (secondary N) is 1. The van der Waals surface area contributed by atoms with E-state index in [-0.39, 0.29) is 5.91 Å². The summed E-state index contributed by atoms with van der Waals surface area (Å²) in [6.07, 6.45) is 10.1. The summed E-state index contributed by atoms with van der Waals surface area (Å²) in [6, 6.07) is 9.20. The molecule has 0 saturated carbocycles. The Hall–Kier alpha value is -2.42. The number of carbonyl (C=O) groups is 1. The Bertz CT molecular complexity index is 947. The van der Waals surface area contributed by atoms with E-state index < -0.39 is 0 Å². The highest BCUT2D eigenvalue weighted by atomic mass is 16.5. The lowest BCUT2D eigenvalue weighted by Crippen LogP contribution is -2.48. The van der Waals surface area contributed by atoms with Crippen molar-refractivity contribution in [2.24, 2.45) is 7.05 Å². The molecule has 3 fully saturated rings. The molecule has 3 aliphatic rings. The molecule has 4 heterocycles. The molecule has 5 rings (SSSR count). The Kier molecular flexibility index (Phi) is 8.01. The van der Waals surface area contributed by atoms with Gasteiger partial charge in [0.1, 0.15) is 5.82 Å². The Morgan fingerprint density at radius 3 is 2.51 bits per heavy atom. The molecule has 0 unspecified atom stereocenters. The first-order valence-electron chi connectivity index (χ1n) is 13.4. The molecule has 0 aliphatic carbocycles. The predicted octanol–water partition coefficient (Wildman–Crippen LogP) is 2.68. The van der Waals surface area contributed by atoms with Gasteiger partial charge < -0.3 is 19.5 Å². The minimum Gasteiger partial charge on any atom is -0.379 e. The molecule has 0 bridgehead atoms. The van der Waals surface area contributed by atoms with Gasteiger partial charge in [-0.1, -0.05) is 6.42 Å². The van der Waals surface area contributed by atoms with Crippen LogP contribution < -0.4 is 10.2 Å². The fourth-order valence-electron chi connectivity index (χ4n) is 5.90. The molecule has 8 heteroatoms. The molecule has 3 saturated heterocycles. The molecular weight excluding hydrogens is 440 g/mol. The van der Waals surface area contributed by atoms with Crippen LogP contribution in [0.3, 0.4) is 0 Å². The van der Waals surface area contributed by atoms with Gasteiger partial charge >= 0.3 is 0 Å². The molecule has 0 radical (unpaired) electrons. The summed E-state index contributed by atoms with van der Waals surface area (Å²) in [5.41, 5.74) is 1.95. The molecule has 1 amide bonds. The molecule has 190 valence electrons. The van der Waals surface area contributed by atoms with Gasteiger partial charge in [0.2, 0.25) is 0 Å². The molecule has 1 aromatic carbocycles. The van der Waals surface area contributed by atoms with Crippen molar-refractivity contribution in [1.82, 2.24) is 24.7 Å². The van der Waals surface area contributed by atoms with Crippen molar-refractivity contribution in [3.63, 3.8) is 0 Å². The smallest absolute Gasteiger partial charge is 0.251 e. The fraction of sp³-hybridized carbons (Fsp3) is 0.630. The number of nitrogens with zero attached hydrogens (tertiary/aromatic N) is 5. The Balaban J connectivity index is 1.11. The number of amides is 1. The number of aromatic nitrogens is 2. The van der Waals surface area contributed by atoms with Crippen LogP contribution in [0.2, 0.25) is 0 Å². The number of morpholine rings is 1. The van der Waals surface area contributed by atoms with Crippen molar-refractivity contribution in [3.8, 4) is 0 Å². The summed E-state index contributed by atoms with van der Waals surface area (Å²) in [6.45, 7) is 8.30. The van der Waals surface area contributed by atoms with E-state index in [1.165, 1.54) is 50.2 Å². The van der Waals surface area contributed by atoms with Gasteiger partial charge in [-0.2, -0.15) is 0 Å². The van der Waals surface area contributed by atoms with Gasteiger partial charge in [0.05, 0.1) is 19.3 Å². The maximum absolute atomic E-state index is 12.6. The summed E-state index contributed by atoms with van der Waals surface area (Å²) < 4.78 is 7.57. The first-order valence-corrected chi connectivity index (χ1v) is 13.4. The number of imidazole rings is 1. The summed E-state index contributed by atoms with van der Waals surface area (Å²) in [7, 11) is 2.12. The number of likely N-dealkylation sites (tertiary alicyclic amines) is 1. The molecule has 0 spiro atoms. The van der Waals surface area contributed by atoms with Gasteiger partial charge in [0.15, 0.2) is 0 Å². The molecule has 1 aromatic heterocycles. The standard InChI is InChI=1S/C27H40N6O2/c1-30-16-11-28-26(30)25-4-2-3-13-33(25)24-9-14-32(15-10-24)23-7-5-22(6-8-23)27(34)29-12-17-31-18-20-35-21-19-31/h5-8,11,16,24-25H,2-4,9-10,12-15,17-21H2,1H3,(H,29,34)/t25-/m0/s1. The minimum atomic E-state index is 0.00828. The maximum Gasteiger partial charge on any atom is 0.251 e. The van der Waals surface area contributed by atoms with Crippen molar-refractivity contribution in [2.75, 3.05) is 63.9 Å². The lowest BCUT2D eigenvalue weighted by atomic mass is 9.94. The van der Waals surface area contributed by atoms with Gasteiger partial charge in [-0.25, -0.2) is 4.98 Å². The van der Waals surface area contributed by atoms with Crippen LogP contribution in [0.1, 0.15) is 54.3 Å². The topological polar surface area (TPSA) is 65.9 Å². The number of piperidine rings is 2. The second-order valence-electron chi connectivity index (χ2n) is 10.1. The Labute approximate surface area is 209 Å². The quantitative estimate of drug-likeness (QED) is 0.657. The third kappa shape index (κ3) is 5.88. The number of hydrogen-bond acceptors (Lipinski definition) is 6. The highest BCUT2D eigenvalue weighted by Crippen LogP contribution is 2.35. The molecule has 8 nitrogen and oxygen atoms in total. The van der Waals surface area contributed by atoms with Gasteiger partial charge in [0, 0.05) is 76.0 Å². The van der Waals surface area contributed by atoms with Crippen LogP contribution in [0, 0.1) is 0 Å². The molecule has 1 N–H and O–H groups in total. The zero-order valence-electron chi connectivity index (χ0n) is 21.1. The molecular formula is C27H40N6O2. The Morgan fingerprint density at radius 1 is 1.03 bits per heavy atom. The van der Waals surface area contributed by atoms with E-state index in [2.05, 4.69) is 54.9 Å². The zero-order chi connectivity index (χ0) is 24.0. The average molecular weight is 481 g/mol. The second kappa shape index (κ2) is 11.5. The number of ether oxygens (including phenoxy) is 1. The van der Waals surface area contributed by atoms with E-state index in [0.29, 0.717) is 18.6 Å². The van der Waals surface area contributed by atoms with Gasteiger partial charge in [-0.05, 0) is 56.5 Å². The van der Waals surface area contributed by atoms with E-state index in [1.54, 1.807) is 0 Å². The van der Waals surface area contributed by atoms with Crippen LogP contribution in [-0.4, -0.2) is 90.3 Å². The van der Waals surface area contributed by atoms with E-state index in [1.807, 2.05) is 18.3 Å². The van der Waals surface area contributed by atoms with E-state index in [0.717, 1.165) is 51.5 Å². The lowest BCUT2D eigenvalue weighted by Gasteiger charge is -2.44. The number of benzene rings is 1. The van der Waals surface area contributed by atoms with Crippen LogP contribution in [0.15, 0.2) is 36.7 Å². The number of rotatable bonds is 7. The van der Waals surface area contributed by atoms with Crippen molar-refractivity contribution >= 4 is 11.6 Å². The maximum atomic E-state index is 12.6. The van der Waals surface area contributed by atoms with Gasteiger partial charge in [-0.3, -0.25) is 14.6 Å². The highest BCUT2D eigenvalue weighted by molar-refractivity contribution is 5.94. The van der Waals surface area contributed by atoms with E-state index >= 15 is 0 Å². The molecule has 3 aliphatic heterocycles. The second-order valence-corrected chi connectivity index (χ2v) is 10.1.